The minimum Gasteiger partial charge on any atom is -0.456 e. The second-order valence-corrected chi connectivity index (χ2v) is 4.63. The van der Waals surface area contributed by atoms with Crippen LogP contribution in [0.4, 0.5) is 0 Å². The minimum absolute atomic E-state index is 0.146. The van der Waals surface area contributed by atoms with E-state index in [-0.39, 0.29) is 5.91 Å². The molecule has 0 aliphatic carbocycles. The molecule has 1 aliphatic rings. The van der Waals surface area contributed by atoms with Crippen molar-refractivity contribution in [1.29, 1.82) is 0 Å². The topological polar surface area (TPSA) is 58.2 Å². The Balaban J connectivity index is 2.00. The van der Waals surface area contributed by atoms with Gasteiger partial charge in [-0.15, -0.1) is 12.6 Å². The lowest BCUT2D eigenvalue weighted by atomic mass is 10.2. The van der Waals surface area contributed by atoms with Crippen molar-refractivity contribution in [3.05, 3.63) is 35.8 Å². The van der Waals surface area contributed by atoms with E-state index < -0.39 is 5.56 Å². The number of rotatable bonds is 2. The Bertz CT molecular complexity index is 665. The van der Waals surface area contributed by atoms with Crippen LogP contribution < -0.4 is 0 Å². The molecule has 2 aromatic heterocycles. The normalized spacial score (nSPS) is 21.4. The largest absolute Gasteiger partial charge is 0.456 e. The van der Waals surface area contributed by atoms with Crippen LogP contribution in [0.3, 0.4) is 0 Å². The van der Waals surface area contributed by atoms with Crippen LogP contribution in [-0.4, -0.2) is 32.9 Å². The van der Waals surface area contributed by atoms with Gasteiger partial charge in [-0.1, -0.05) is 0 Å². The number of likely N-dealkylation sites (N-methyl/N-ethyl adjacent to an activating group) is 1. The van der Waals surface area contributed by atoms with Gasteiger partial charge < -0.3 is 9.72 Å². The van der Waals surface area contributed by atoms with E-state index in [0.717, 1.165) is 16.6 Å². The van der Waals surface area contributed by atoms with E-state index in [0.29, 0.717) is 12.3 Å². The summed E-state index contributed by atoms with van der Waals surface area (Å²) in [7, 11) is 0. The number of amides is 1. The van der Waals surface area contributed by atoms with Gasteiger partial charge in [0, 0.05) is 24.5 Å². The molecule has 1 atom stereocenters. The van der Waals surface area contributed by atoms with E-state index in [4.69, 9.17) is 4.74 Å². The summed E-state index contributed by atoms with van der Waals surface area (Å²) < 4.78 is 5.46. The molecule has 3 rings (SSSR count). The van der Waals surface area contributed by atoms with Gasteiger partial charge in [0.2, 0.25) is 5.56 Å². The summed E-state index contributed by atoms with van der Waals surface area (Å²) >= 11 is 4.23. The van der Waals surface area contributed by atoms with Crippen LogP contribution in [0.5, 0.6) is 0 Å². The van der Waals surface area contributed by atoms with E-state index in [9.17, 15) is 4.79 Å². The molecule has 5 nitrogen and oxygen atoms in total. The van der Waals surface area contributed by atoms with Crippen LogP contribution in [0.25, 0.3) is 17.1 Å². The lowest BCUT2D eigenvalue weighted by Crippen LogP contribution is -2.29. The minimum atomic E-state index is -0.512. The van der Waals surface area contributed by atoms with Crippen molar-refractivity contribution in [2.45, 2.75) is 12.5 Å². The first-order valence-corrected chi connectivity index (χ1v) is 6.52. The lowest BCUT2D eigenvalue weighted by Gasteiger charge is -2.14. The summed E-state index contributed by atoms with van der Waals surface area (Å²) in [5.41, 5.74) is 2.06. The monoisotopic (exact) mass is 275 g/mol. The van der Waals surface area contributed by atoms with Crippen molar-refractivity contribution >= 4 is 35.6 Å². The van der Waals surface area contributed by atoms with Gasteiger partial charge in [0.25, 0.3) is 5.91 Å². The second kappa shape index (κ2) is 4.62. The third-order valence-electron chi connectivity index (χ3n) is 3.06. The number of pyridine rings is 1. The Hall–Kier alpha value is -1.95. The third kappa shape index (κ3) is 1.98. The number of fused-ring (bicyclic) bond motifs is 1. The molecule has 0 aromatic carbocycles. The van der Waals surface area contributed by atoms with Gasteiger partial charge in [-0.2, -0.15) is 0 Å². The maximum absolute atomic E-state index is 12.1. The average molecular weight is 275 g/mol. The molecule has 1 aliphatic heterocycles. The van der Waals surface area contributed by atoms with Crippen molar-refractivity contribution in [3.63, 3.8) is 0 Å². The van der Waals surface area contributed by atoms with Crippen LogP contribution in [0.15, 0.2) is 30.3 Å². The average Bonchev–Trinajstić information content (AvgIpc) is 2.93. The summed E-state index contributed by atoms with van der Waals surface area (Å²) in [6.45, 7) is 2.46. The number of aromatic nitrogens is 2. The smallest absolute Gasteiger partial charge is 0.292 e. The van der Waals surface area contributed by atoms with Crippen LogP contribution in [0, 0.1) is 0 Å². The zero-order valence-corrected chi connectivity index (χ0v) is 11.2. The Morgan fingerprint density at radius 2 is 2.47 bits per heavy atom. The molecule has 0 saturated carbocycles. The number of carbonyl (C=O) groups excluding carboxylic acids is 1. The highest BCUT2D eigenvalue weighted by Crippen LogP contribution is 2.26. The van der Waals surface area contributed by atoms with Crippen LogP contribution >= 0.6 is 12.6 Å². The SMILES string of the molecule is CCN1C(=O)/C(=C/c2c[nH]c3cccnc23)OC1S. The molecular formula is C13H13N3O2S. The van der Waals surface area contributed by atoms with E-state index in [1.165, 1.54) is 0 Å². The summed E-state index contributed by atoms with van der Waals surface area (Å²) in [4.78, 5) is 21.0. The highest BCUT2D eigenvalue weighted by Gasteiger charge is 2.33. The fourth-order valence-corrected chi connectivity index (χ4v) is 2.47. The Labute approximate surface area is 115 Å². The lowest BCUT2D eigenvalue weighted by molar-refractivity contribution is -0.124. The van der Waals surface area contributed by atoms with E-state index in [1.54, 1.807) is 17.2 Å². The van der Waals surface area contributed by atoms with E-state index >= 15 is 0 Å². The predicted octanol–water partition coefficient (Wildman–Crippen LogP) is 2.00. The molecule has 1 fully saturated rings. The predicted molar refractivity (Wildman–Crippen MR) is 75.3 cm³/mol. The number of thiol groups is 1. The number of ether oxygens (including phenoxy) is 1. The van der Waals surface area contributed by atoms with Crippen molar-refractivity contribution in [3.8, 4) is 0 Å². The fourth-order valence-electron chi connectivity index (χ4n) is 2.09. The molecule has 3 heterocycles. The summed E-state index contributed by atoms with van der Waals surface area (Å²) in [6.07, 6.45) is 5.23. The van der Waals surface area contributed by atoms with Crippen molar-refractivity contribution in [2.75, 3.05) is 6.54 Å². The van der Waals surface area contributed by atoms with Crippen LogP contribution in [0.2, 0.25) is 0 Å². The Morgan fingerprint density at radius 1 is 1.63 bits per heavy atom. The van der Waals surface area contributed by atoms with Crippen molar-refractivity contribution < 1.29 is 9.53 Å². The molecule has 1 unspecified atom stereocenters. The Kier molecular flexibility index (Phi) is 2.94. The summed E-state index contributed by atoms with van der Waals surface area (Å²) in [5.74, 6) is 0.154. The number of nitrogens with zero attached hydrogens (tertiary/aromatic N) is 2. The summed E-state index contributed by atoms with van der Waals surface area (Å²) in [5, 5.41) is 0. The highest BCUT2D eigenvalue weighted by atomic mass is 32.1. The zero-order chi connectivity index (χ0) is 13.4. The van der Waals surface area contributed by atoms with Gasteiger partial charge in [-0.05, 0) is 25.1 Å². The first-order chi connectivity index (χ1) is 9.20. The summed E-state index contributed by atoms with van der Waals surface area (Å²) in [6, 6.07) is 3.79. The number of hydrogen-bond donors (Lipinski definition) is 2. The third-order valence-corrected chi connectivity index (χ3v) is 3.45. The van der Waals surface area contributed by atoms with E-state index in [1.807, 2.05) is 25.3 Å². The van der Waals surface area contributed by atoms with E-state index in [2.05, 4.69) is 22.6 Å². The fraction of sp³-hybridized carbons (Fsp3) is 0.231. The molecule has 1 saturated heterocycles. The quantitative estimate of drug-likeness (QED) is 0.651. The van der Waals surface area contributed by atoms with Gasteiger partial charge in [0.05, 0.1) is 11.0 Å². The molecule has 0 bridgehead atoms. The Morgan fingerprint density at radius 3 is 3.21 bits per heavy atom. The van der Waals surface area contributed by atoms with Gasteiger partial charge in [-0.3, -0.25) is 14.7 Å². The molecule has 19 heavy (non-hydrogen) atoms. The number of aromatic amines is 1. The van der Waals surface area contributed by atoms with Crippen LogP contribution in [0.1, 0.15) is 12.5 Å². The number of H-pyrrole nitrogens is 1. The van der Waals surface area contributed by atoms with Crippen molar-refractivity contribution in [2.24, 2.45) is 0 Å². The van der Waals surface area contributed by atoms with Gasteiger partial charge in [-0.25, -0.2) is 0 Å². The number of hydrogen-bond acceptors (Lipinski definition) is 4. The first-order valence-electron chi connectivity index (χ1n) is 6.00. The zero-order valence-electron chi connectivity index (χ0n) is 10.3. The maximum atomic E-state index is 12.1. The molecule has 1 amide bonds. The number of nitrogens with one attached hydrogen (secondary N) is 1. The molecule has 2 aromatic rings. The van der Waals surface area contributed by atoms with Crippen LogP contribution in [-0.2, 0) is 9.53 Å². The molecule has 98 valence electrons. The maximum Gasteiger partial charge on any atom is 0.292 e. The molecule has 6 heteroatoms. The van der Waals surface area contributed by atoms with Gasteiger partial charge in [0.15, 0.2) is 5.76 Å². The van der Waals surface area contributed by atoms with Gasteiger partial charge >= 0.3 is 0 Å². The van der Waals surface area contributed by atoms with Gasteiger partial charge in [0.1, 0.15) is 0 Å². The molecule has 0 radical (unpaired) electrons. The second-order valence-electron chi connectivity index (χ2n) is 4.19. The molecule has 1 N–H and O–H groups in total. The first kappa shape index (κ1) is 12.1. The standard InChI is InChI=1S/C13H13N3O2S/c1-2-16-12(17)10(18-13(16)19)6-8-7-15-9-4-3-5-14-11(8)9/h3-7,13,15,19H,2H2,1H3/b10-6-. The molecular weight excluding hydrogens is 262 g/mol. The highest BCUT2D eigenvalue weighted by molar-refractivity contribution is 7.80. The number of carbonyl (C=O) groups is 1. The molecule has 0 spiro atoms. The van der Waals surface area contributed by atoms with Crippen molar-refractivity contribution in [1.82, 2.24) is 14.9 Å².